The molecule has 3 nitrogen and oxygen atoms in total. The Balaban J connectivity index is 1.96. The van der Waals surface area contributed by atoms with Crippen LogP contribution in [0.1, 0.15) is 13.3 Å². The van der Waals surface area contributed by atoms with Crippen LogP contribution in [0.2, 0.25) is 0 Å². The van der Waals surface area contributed by atoms with Gasteiger partial charge in [-0.15, -0.1) is 0 Å². The molecule has 11 heavy (non-hydrogen) atoms. The van der Waals surface area contributed by atoms with Gasteiger partial charge >= 0.3 is 0 Å². The summed E-state index contributed by atoms with van der Waals surface area (Å²) in [4.78, 5) is 0. The predicted molar refractivity (Wildman–Crippen MR) is 47.2 cm³/mol. The highest BCUT2D eigenvalue weighted by Crippen LogP contribution is 2.20. The molecule has 0 unspecified atom stereocenters. The molecule has 0 aliphatic carbocycles. The van der Waals surface area contributed by atoms with Gasteiger partial charge in [0.2, 0.25) is 0 Å². The molecule has 1 heterocycles. The fourth-order valence-corrected chi connectivity index (χ4v) is 1.65. The quantitative estimate of drug-likeness (QED) is 0.512. The Bertz CT molecular complexity index is 96.4. The number of nitrogens with one attached hydrogen (secondary N) is 1. The first-order valence-corrected chi connectivity index (χ1v) is 5.49. The highest BCUT2D eigenvalue weighted by atomic mass is 31.1. The lowest BCUT2D eigenvalue weighted by molar-refractivity contribution is -0.129. The fourth-order valence-electron chi connectivity index (χ4n) is 0.957. The molecule has 0 radical (unpaired) electrons. The van der Waals surface area contributed by atoms with Crippen LogP contribution in [-0.2, 0) is 9.47 Å². The lowest BCUT2D eigenvalue weighted by Gasteiger charge is -2.22. The molecule has 1 rings (SSSR count). The number of rotatable bonds is 4. The maximum Gasteiger partial charge on any atom is 0.159 e. The van der Waals surface area contributed by atoms with Crippen LogP contribution in [0, 0.1) is 0 Å². The second-order valence-corrected chi connectivity index (χ2v) is 3.52. The van der Waals surface area contributed by atoms with Crippen molar-refractivity contribution in [1.29, 1.82) is 0 Å². The summed E-state index contributed by atoms with van der Waals surface area (Å²) in [6, 6.07) is 0. The van der Waals surface area contributed by atoms with Gasteiger partial charge in [-0.1, -0.05) is 15.5 Å². The Morgan fingerprint density at radius 2 is 2.18 bits per heavy atom. The van der Waals surface area contributed by atoms with Crippen molar-refractivity contribution in [3.05, 3.63) is 0 Å². The minimum Gasteiger partial charge on any atom is -0.348 e. The molecule has 0 aromatic carbocycles. The van der Waals surface area contributed by atoms with Gasteiger partial charge in [-0.3, -0.25) is 0 Å². The zero-order chi connectivity index (χ0) is 7.94. The van der Waals surface area contributed by atoms with Gasteiger partial charge in [0.25, 0.3) is 0 Å². The highest BCUT2D eigenvalue weighted by molar-refractivity contribution is 7.37. The maximum absolute atomic E-state index is 5.37. The Hall–Kier alpha value is 0.310. The molecule has 1 aliphatic heterocycles. The summed E-state index contributed by atoms with van der Waals surface area (Å²) < 4.78 is 10.7. The summed E-state index contributed by atoms with van der Waals surface area (Å²) >= 11 is 0. The molecule has 0 aromatic rings. The van der Waals surface area contributed by atoms with E-state index in [9.17, 15) is 0 Å². The van der Waals surface area contributed by atoms with E-state index in [0.717, 1.165) is 40.8 Å². The lowest BCUT2D eigenvalue weighted by atomic mass is 10.4. The molecular formula is C7H16NO2P. The zero-order valence-electron chi connectivity index (χ0n) is 6.93. The summed E-state index contributed by atoms with van der Waals surface area (Å²) in [5.41, 5.74) is 0. The molecular weight excluding hydrogens is 161 g/mol. The standard InChI is InChI=1S/C7H16NO2P/c1-2-8-4-3-7-9-5-11-6-10-7/h7-8,11H,2-6H2,1H3. The molecule has 0 amide bonds. The fraction of sp³-hybridized carbons (Fsp3) is 1.00. The minimum atomic E-state index is 0.0512. The maximum atomic E-state index is 5.37. The van der Waals surface area contributed by atoms with Gasteiger partial charge in [0.05, 0.1) is 12.7 Å². The topological polar surface area (TPSA) is 30.5 Å². The van der Waals surface area contributed by atoms with E-state index in [-0.39, 0.29) is 6.29 Å². The summed E-state index contributed by atoms with van der Waals surface area (Å²) in [6.07, 6.45) is 2.79. The number of hydrogen-bond acceptors (Lipinski definition) is 3. The monoisotopic (exact) mass is 177 g/mol. The van der Waals surface area contributed by atoms with Crippen LogP contribution in [-0.4, -0.2) is 32.1 Å². The van der Waals surface area contributed by atoms with E-state index >= 15 is 0 Å². The first-order chi connectivity index (χ1) is 5.43. The molecule has 1 N–H and O–H groups in total. The Labute approximate surface area is 69.6 Å². The van der Waals surface area contributed by atoms with E-state index in [0.29, 0.717) is 0 Å². The minimum absolute atomic E-state index is 0.0512. The van der Waals surface area contributed by atoms with Crippen molar-refractivity contribution in [2.45, 2.75) is 19.6 Å². The summed E-state index contributed by atoms with van der Waals surface area (Å²) in [5, 5.41) is 3.24. The van der Waals surface area contributed by atoms with Gasteiger partial charge in [0, 0.05) is 6.42 Å². The SMILES string of the molecule is CCNCCC1OCPCO1. The Morgan fingerprint density at radius 1 is 1.45 bits per heavy atom. The average Bonchev–Trinajstić information content (AvgIpc) is 2.07. The van der Waals surface area contributed by atoms with Crippen LogP contribution >= 0.6 is 8.58 Å². The second-order valence-electron chi connectivity index (χ2n) is 2.44. The summed E-state index contributed by atoms with van der Waals surface area (Å²) in [7, 11) is 0.828. The molecule has 4 heteroatoms. The molecule has 0 bridgehead atoms. The lowest BCUT2D eigenvalue weighted by Crippen LogP contribution is -2.26. The van der Waals surface area contributed by atoms with Gasteiger partial charge in [-0.05, 0) is 13.1 Å². The average molecular weight is 177 g/mol. The molecule has 66 valence electrons. The van der Waals surface area contributed by atoms with Crippen LogP contribution in [0.4, 0.5) is 0 Å². The number of hydrogen-bond donors (Lipinski definition) is 1. The molecule has 1 fully saturated rings. The Morgan fingerprint density at radius 3 is 2.82 bits per heavy atom. The molecule has 0 atom stereocenters. The third-order valence-corrected chi connectivity index (χ3v) is 2.29. The summed E-state index contributed by atoms with van der Waals surface area (Å²) in [6.45, 7) is 4.11. The van der Waals surface area contributed by atoms with E-state index in [1.807, 2.05) is 0 Å². The van der Waals surface area contributed by atoms with E-state index in [1.54, 1.807) is 0 Å². The van der Waals surface area contributed by atoms with Gasteiger partial charge in [-0.2, -0.15) is 0 Å². The molecule has 0 spiro atoms. The predicted octanol–water partition coefficient (Wildman–Crippen LogP) is 0.952. The largest absolute Gasteiger partial charge is 0.348 e. The Kier molecular flexibility index (Phi) is 5.04. The van der Waals surface area contributed by atoms with Crippen molar-refractivity contribution >= 4 is 8.58 Å². The van der Waals surface area contributed by atoms with E-state index in [2.05, 4.69) is 12.2 Å². The third kappa shape index (κ3) is 4.02. The van der Waals surface area contributed by atoms with Crippen molar-refractivity contribution in [3.63, 3.8) is 0 Å². The van der Waals surface area contributed by atoms with Crippen LogP contribution in [0.5, 0.6) is 0 Å². The molecule has 0 saturated carbocycles. The van der Waals surface area contributed by atoms with Crippen LogP contribution in [0.25, 0.3) is 0 Å². The number of ether oxygens (including phenoxy) is 2. The highest BCUT2D eigenvalue weighted by Gasteiger charge is 2.12. The van der Waals surface area contributed by atoms with Crippen LogP contribution < -0.4 is 5.32 Å². The third-order valence-electron chi connectivity index (χ3n) is 1.55. The normalized spacial score (nSPS) is 27.5. The zero-order valence-corrected chi connectivity index (χ0v) is 7.93. The van der Waals surface area contributed by atoms with Crippen LogP contribution in [0.15, 0.2) is 0 Å². The van der Waals surface area contributed by atoms with Gasteiger partial charge < -0.3 is 14.8 Å². The first kappa shape index (κ1) is 9.40. The van der Waals surface area contributed by atoms with Crippen molar-refractivity contribution in [2.24, 2.45) is 0 Å². The first-order valence-electron chi connectivity index (χ1n) is 4.08. The van der Waals surface area contributed by atoms with Crippen molar-refractivity contribution in [1.82, 2.24) is 5.32 Å². The smallest absolute Gasteiger partial charge is 0.159 e. The van der Waals surface area contributed by atoms with Gasteiger partial charge in [-0.25, -0.2) is 0 Å². The molecule has 0 aromatic heterocycles. The van der Waals surface area contributed by atoms with E-state index in [4.69, 9.17) is 9.47 Å². The van der Waals surface area contributed by atoms with Crippen LogP contribution in [0.3, 0.4) is 0 Å². The van der Waals surface area contributed by atoms with E-state index < -0.39 is 0 Å². The van der Waals surface area contributed by atoms with Crippen molar-refractivity contribution < 1.29 is 9.47 Å². The summed E-state index contributed by atoms with van der Waals surface area (Å²) in [5.74, 6) is 0. The second kappa shape index (κ2) is 5.90. The van der Waals surface area contributed by atoms with E-state index in [1.165, 1.54) is 0 Å². The molecule has 1 aliphatic rings. The molecule has 1 saturated heterocycles. The van der Waals surface area contributed by atoms with Gasteiger partial charge in [0.15, 0.2) is 6.29 Å². The van der Waals surface area contributed by atoms with Gasteiger partial charge in [0.1, 0.15) is 0 Å². The van der Waals surface area contributed by atoms with Crippen molar-refractivity contribution in [2.75, 3.05) is 25.8 Å². The van der Waals surface area contributed by atoms with Crippen molar-refractivity contribution in [3.8, 4) is 0 Å².